The van der Waals surface area contributed by atoms with E-state index in [1.165, 1.54) is 19.0 Å². The maximum atomic E-state index is 5.55. The molecule has 1 aromatic rings. The van der Waals surface area contributed by atoms with Gasteiger partial charge in [0.15, 0.2) is 0 Å². The molecule has 1 fully saturated rings. The summed E-state index contributed by atoms with van der Waals surface area (Å²) in [6.45, 7) is 1.95. The van der Waals surface area contributed by atoms with Crippen molar-refractivity contribution in [3.8, 4) is 0 Å². The van der Waals surface area contributed by atoms with Crippen LogP contribution in [0.15, 0.2) is 12.4 Å². The number of nitrogens with two attached hydrogens (primary N) is 1. The lowest BCUT2D eigenvalue weighted by molar-refractivity contribution is -0.0453. The molecular formula is C11H17N3O2. The van der Waals surface area contributed by atoms with E-state index in [1.807, 2.05) is 0 Å². The Morgan fingerprint density at radius 1 is 1.38 bits per heavy atom. The summed E-state index contributed by atoms with van der Waals surface area (Å²) in [6.07, 6.45) is 6.91. The van der Waals surface area contributed by atoms with E-state index in [9.17, 15) is 0 Å². The molecule has 5 heteroatoms. The number of hydrogen-bond donors (Lipinski definition) is 1. The van der Waals surface area contributed by atoms with E-state index in [1.54, 1.807) is 6.20 Å². The zero-order valence-electron chi connectivity index (χ0n) is 9.26. The molecule has 2 rings (SSSR count). The Bertz CT molecular complexity index is 310. The Labute approximate surface area is 95.0 Å². The first kappa shape index (κ1) is 11.3. The van der Waals surface area contributed by atoms with Gasteiger partial charge in [0.1, 0.15) is 5.82 Å². The van der Waals surface area contributed by atoms with Crippen molar-refractivity contribution in [1.29, 1.82) is 0 Å². The Morgan fingerprint density at radius 2 is 2.31 bits per heavy atom. The van der Waals surface area contributed by atoms with E-state index in [4.69, 9.17) is 15.2 Å². The van der Waals surface area contributed by atoms with Crippen LogP contribution in [0.2, 0.25) is 0 Å². The van der Waals surface area contributed by atoms with E-state index < -0.39 is 0 Å². The van der Waals surface area contributed by atoms with E-state index >= 15 is 0 Å². The van der Waals surface area contributed by atoms with Gasteiger partial charge in [-0.05, 0) is 19.3 Å². The molecule has 0 radical (unpaired) electrons. The van der Waals surface area contributed by atoms with Crippen LogP contribution in [0, 0.1) is 0 Å². The van der Waals surface area contributed by atoms with Crippen molar-refractivity contribution in [2.24, 2.45) is 0 Å². The van der Waals surface area contributed by atoms with Crippen LogP contribution in [0.3, 0.4) is 0 Å². The number of anilines is 1. The van der Waals surface area contributed by atoms with Gasteiger partial charge in [0.2, 0.25) is 0 Å². The Balaban J connectivity index is 1.69. The zero-order valence-corrected chi connectivity index (χ0v) is 9.26. The van der Waals surface area contributed by atoms with Gasteiger partial charge in [-0.2, -0.15) is 0 Å². The number of nitrogen functional groups attached to an aromatic ring is 1. The smallest absolute Gasteiger partial charge is 0.141 e. The molecule has 2 heterocycles. The minimum atomic E-state index is 0.246. The van der Waals surface area contributed by atoms with Gasteiger partial charge in [0, 0.05) is 6.61 Å². The van der Waals surface area contributed by atoms with Gasteiger partial charge in [-0.3, -0.25) is 4.98 Å². The van der Waals surface area contributed by atoms with Gasteiger partial charge < -0.3 is 15.2 Å². The van der Waals surface area contributed by atoms with Crippen LogP contribution in [0.4, 0.5) is 5.82 Å². The maximum absolute atomic E-state index is 5.55. The van der Waals surface area contributed by atoms with Gasteiger partial charge in [-0.15, -0.1) is 0 Å². The second-order valence-electron chi connectivity index (χ2n) is 3.94. The highest BCUT2D eigenvalue weighted by Gasteiger charge is 2.13. The summed E-state index contributed by atoms with van der Waals surface area (Å²) in [5.41, 5.74) is 6.23. The van der Waals surface area contributed by atoms with Crippen molar-refractivity contribution in [3.05, 3.63) is 18.1 Å². The van der Waals surface area contributed by atoms with Crippen LogP contribution in [0.5, 0.6) is 0 Å². The van der Waals surface area contributed by atoms with Gasteiger partial charge in [-0.1, -0.05) is 0 Å². The first-order valence-electron chi connectivity index (χ1n) is 5.60. The van der Waals surface area contributed by atoms with Crippen LogP contribution in [-0.2, 0) is 16.1 Å². The van der Waals surface area contributed by atoms with Crippen molar-refractivity contribution in [2.75, 3.05) is 18.9 Å². The van der Waals surface area contributed by atoms with Crippen LogP contribution >= 0.6 is 0 Å². The lowest BCUT2D eigenvalue weighted by Crippen LogP contribution is -2.24. The summed E-state index contributed by atoms with van der Waals surface area (Å²) in [6, 6.07) is 0. The van der Waals surface area contributed by atoms with Crippen molar-refractivity contribution >= 4 is 5.82 Å². The van der Waals surface area contributed by atoms with Crippen molar-refractivity contribution < 1.29 is 9.47 Å². The molecule has 0 saturated carbocycles. The van der Waals surface area contributed by atoms with E-state index in [2.05, 4.69) is 9.97 Å². The predicted octanol–water partition coefficient (Wildman–Crippen LogP) is 1.14. The van der Waals surface area contributed by atoms with Gasteiger partial charge in [0.05, 0.1) is 37.4 Å². The second-order valence-corrected chi connectivity index (χ2v) is 3.94. The number of rotatable bonds is 4. The van der Waals surface area contributed by atoms with E-state index in [-0.39, 0.29) is 6.10 Å². The highest BCUT2D eigenvalue weighted by atomic mass is 16.5. The molecule has 1 saturated heterocycles. The molecule has 0 aromatic carbocycles. The Kier molecular flexibility index (Phi) is 4.07. The van der Waals surface area contributed by atoms with Crippen LogP contribution in [0.1, 0.15) is 25.0 Å². The molecule has 1 atom stereocenters. The minimum Gasteiger partial charge on any atom is -0.382 e. The van der Waals surface area contributed by atoms with Gasteiger partial charge in [0.25, 0.3) is 0 Å². The number of hydrogen-bond acceptors (Lipinski definition) is 5. The molecule has 1 aromatic heterocycles. The van der Waals surface area contributed by atoms with Crippen LogP contribution < -0.4 is 5.73 Å². The SMILES string of the molecule is Nc1cnc(COCC2CCCCO2)cn1. The molecule has 1 aliphatic heterocycles. The van der Waals surface area contributed by atoms with Crippen LogP contribution in [-0.4, -0.2) is 29.3 Å². The maximum Gasteiger partial charge on any atom is 0.141 e. The Morgan fingerprint density at radius 3 is 3.00 bits per heavy atom. The highest BCUT2D eigenvalue weighted by molar-refractivity contribution is 5.22. The summed E-state index contributed by atoms with van der Waals surface area (Å²) in [5.74, 6) is 0.430. The summed E-state index contributed by atoms with van der Waals surface area (Å²) in [4.78, 5) is 8.06. The van der Waals surface area contributed by atoms with E-state index in [0.717, 1.165) is 18.7 Å². The Hall–Kier alpha value is -1.20. The third-order valence-corrected chi connectivity index (χ3v) is 2.55. The van der Waals surface area contributed by atoms with Crippen LogP contribution in [0.25, 0.3) is 0 Å². The summed E-state index contributed by atoms with van der Waals surface area (Å²) in [7, 11) is 0. The standard InChI is InChI=1S/C11H17N3O2/c12-11-6-13-9(5-14-11)7-15-8-10-3-1-2-4-16-10/h5-6,10H,1-4,7-8H2,(H2,12,14). The molecule has 88 valence electrons. The molecule has 1 aliphatic rings. The van der Waals surface area contributed by atoms with Crippen molar-refractivity contribution in [2.45, 2.75) is 32.0 Å². The fourth-order valence-electron chi connectivity index (χ4n) is 1.67. The fourth-order valence-corrected chi connectivity index (χ4v) is 1.67. The lowest BCUT2D eigenvalue weighted by atomic mass is 10.1. The quantitative estimate of drug-likeness (QED) is 0.829. The fraction of sp³-hybridized carbons (Fsp3) is 0.636. The number of aromatic nitrogens is 2. The first-order valence-corrected chi connectivity index (χ1v) is 5.60. The van der Waals surface area contributed by atoms with Crippen molar-refractivity contribution in [3.63, 3.8) is 0 Å². The largest absolute Gasteiger partial charge is 0.382 e. The average Bonchev–Trinajstić information content (AvgIpc) is 2.33. The molecular weight excluding hydrogens is 206 g/mol. The first-order chi connectivity index (χ1) is 7.84. The molecule has 0 amide bonds. The van der Waals surface area contributed by atoms with E-state index in [0.29, 0.717) is 19.0 Å². The minimum absolute atomic E-state index is 0.246. The summed E-state index contributed by atoms with van der Waals surface area (Å²) < 4.78 is 11.1. The molecule has 1 unspecified atom stereocenters. The normalized spacial score (nSPS) is 20.9. The molecule has 5 nitrogen and oxygen atoms in total. The topological polar surface area (TPSA) is 70.3 Å². The zero-order chi connectivity index (χ0) is 11.2. The molecule has 0 spiro atoms. The molecule has 0 bridgehead atoms. The third-order valence-electron chi connectivity index (χ3n) is 2.55. The monoisotopic (exact) mass is 223 g/mol. The second kappa shape index (κ2) is 5.77. The molecule has 16 heavy (non-hydrogen) atoms. The lowest BCUT2D eigenvalue weighted by Gasteiger charge is -2.22. The molecule has 2 N–H and O–H groups in total. The van der Waals surface area contributed by atoms with Crippen molar-refractivity contribution in [1.82, 2.24) is 9.97 Å². The summed E-state index contributed by atoms with van der Waals surface area (Å²) >= 11 is 0. The third kappa shape index (κ3) is 3.43. The summed E-state index contributed by atoms with van der Waals surface area (Å²) in [5, 5.41) is 0. The average molecular weight is 223 g/mol. The number of ether oxygens (including phenoxy) is 2. The van der Waals surface area contributed by atoms with Gasteiger partial charge in [-0.25, -0.2) is 4.98 Å². The number of nitrogens with zero attached hydrogens (tertiary/aromatic N) is 2. The molecule has 0 aliphatic carbocycles. The highest BCUT2D eigenvalue weighted by Crippen LogP contribution is 2.13. The van der Waals surface area contributed by atoms with Gasteiger partial charge >= 0.3 is 0 Å². The predicted molar refractivity (Wildman–Crippen MR) is 59.7 cm³/mol.